The summed E-state index contributed by atoms with van der Waals surface area (Å²) in [5.74, 6) is 5.14. The first-order chi connectivity index (χ1) is 11.2. The van der Waals surface area contributed by atoms with Gasteiger partial charge in [0, 0.05) is 17.4 Å². The maximum Gasteiger partial charge on any atom is 0.418 e. The molecular formula is C15H25N3O5S. The van der Waals surface area contributed by atoms with Crippen molar-refractivity contribution in [3.8, 4) is 0 Å². The van der Waals surface area contributed by atoms with Gasteiger partial charge >= 0.3 is 18.1 Å². The zero-order valence-electron chi connectivity index (χ0n) is 14.2. The van der Waals surface area contributed by atoms with Gasteiger partial charge < -0.3 is 14.9 Å². The Morgan fingerprint density at radius 3 is 2.71 bits per heavy atom. The molecule has 3 atom stereocenters. The molecule has 3 N–H and O–H groups in total. The molecule has 24 heavy (non-hydrogen) atoms. The van der Waals surface area contributed by atoms with Crippen LogP contribution in [0.15, 0.2) is 0 Å². The van der Waals surface area contributed by atoms with Gasteiger partial charge in [0.15, 0.2) is 0 Å². The SMILES string of the molecule is CC(C)(C)OC(=O)N1C(=O)N[C@@H]2CS[C@H](CCCCC(=O)ON)[C@@H]21. The number of nitrogens with zero attached hydrogens (tertiary/aromatic N) is 1. The lowest BCUT2D eigenvalue weighted by atomic mass is 10.0. The molecule has 2 rings (SSSR count). The van der Waals surface area contributed by atoms with Crippen molar-refractivity contribution in [3.05, 3.63) is 0 Å². The Kier molecular flexibility index (Phi) is 5.97. The standard InChI is InChI=1S/C15H25N3O5S/c1-15(2,3)22-14(21)18-12-9(17-13(18)20)8-24-10(12)6-4-5-7-11(19)23-16/h9-10,12H,4-8,16H2,1-3H3,(H,17,20)/t9-,10-,12-/m1/s1. The number of amides is 3. The fraction of sp³-hybridized carbons (Fsp3) is 0.800. The van der Waals surface area contributed by atoms with Gasteiger partial charge in [0.25, 0.3) is 0 Å². The lowest BCUT2D eigenvalue weighted by molar-refractivity contribution is -0.144. The van der Waals surface area contributed by atoms with Crippen molar-refractivity contribution in [1.82, 2.24) is 10.2 Å². The molecule has 2 fully saturated rings. The zero-order valence-corrected chi connectivity index (χ0v) is 15.1. The predicted octanol–water partition coefficient (Wildman–Crippen LogP) is 1.78. The van der Waals surface area contributed by atoms with Crippen LogP contribution in [0.4, 0.5) is 9.59 Å². The van der Waals surface area contributed by atoms with E-state index in [1.54, 1.807) is 32.5 Å². The molecule has 3 amide bonds. The van der Waals surface area contributed by atoms with Crippen LogP contribution in [0.25, 0.3) is 0 Å². The fourth-order valence-electron chi connectivity index (χ4n) is 2.96. The van der Waals surface area contributed by atoms with Gasteiger partial charge in [0.2, 0.25) is 0 Å². The second-order valence-electron chi connectivity index (χ2n) is 7.00. The Hall–Kier alpha value is -1.48. The molecule has 136 valence electrons. The number of hydrogen-bond acceptors (Lipinski definition) is 7. The summed E-state index contributed by atoms with van der Waals surface area (Å²) >= 11 is 1.74. The van der Waals surface area contributed by atoms with Crippen molar-refractivity contribution < 1.29 is 24.0 Å². The number of imide groups is 1. The number of nitrogens with one attached hydrogen (secondary N) is 1. The monoisotopic (exact) mass is 359 g/mol. The number of ether oxygens (including phenoxy) is 1. The maximum absolute atomic E-state index is 12.4. The van der Waals surface area contributed by atoms with E-state index < -0.39 is 23.7 Å². The minimum atomic E-state index is -0.653. The highest BCUT2D eigenvalue weighted by Crippen LogP contribution is 2.38. The van der Waals surface area contributed by atoms with Crippen LogP contribution in [0.2, 0.25) is 0 Å². The lowest BCUT2D eigenvalue weighted by Gasteiger charge is -2.28. The van der Waals surface area contributed by atoms with E-state index in [0.717, 1.165) is 18.6 Å². The molecule has 0 aromatic carbocycles. The van der Waals surface area contributed by atoms with E-state index in [0.29, 0.717) is 6.42 Å². The van der Waals surface area contributed by atoms with Gasteiger partial charge in [-0.2, -0.15) is 17.7 Å². The van der Waals surface area contributed by atoms with E-state index in [9.17, 15) is 14.4 Å². The highest BCUT2D eigenvalue weighted by atomic mass is 32.2. The summed E-state index contributed by atoms with van der Waals surface area (Å²) in [6, 6.07) is -0.649. The molecule has 0 spiro atoms. The molecule has 2 aliphatic heterocycles. The number of carbonyl (C=O) groups excluding carboxylic acids is 3. The van der Waals surface area contributed by atoms with Gasteiger partial charge in [0.05, 0.1) is 12.1 Å². The van der Waals surface area contributed by atoms with Crippen molar-refractivity contribution in [2.75, 3.05) is 5.75 Å². The Labute approximate surface area is 145 Å². The Bertz CT molecular complexity index is 508. The molecule has 2 aliphatic rings. The van der Waals surface area contributed by atoms with Crippen LogP contribution < -0.4 is 11.2 Å². The number of rotatable bonds is 5. The molecule has 0 aromatic heterocycles. The van der Waals surface area contributed by atoms with E-state index in [1.165, 1.54) is 4.90 Å². The molecule has 0 unspecified atom stereocenters. The summed E-state index contributed by atoms with van der Waals surface area (Å²) in [6.45, 7) is 5.31. The van der Waals surface area contributed by atoms with E-state index in [1.807, 2.05) is 0 Å². The predicted molar refractivity (Wildman–Crippen MR) is 89.2 cm³/mol. The van der Waals surface area contributed by atoms with Crippen molar-refractivity contribution in [1.29, 1.82) is 0 Å². The molecule has 2 heterocycles. The Morgan fingerprint density at radius 1 is 1.38 bits per heavy atom. The largest absolute Gasteiger partial charge is 0.443 e. The zero-order chi connectivity index (χ0) is 17.9. The molecule has 9 heteroatoms. The molecule has 8 nitrogen and oxygen atoms in total. The first-order valence-corrected chi connectivity index (χ1v) is 9.11. The number of thioether (sulfide) groups is 1. The van der Waals surface area contributed by atoms with Crippen LogP contribution >= 0.6 is 11.8 Å². The van der Waals surface area contributed by atoms with Crippen LogP contribution in [0.1, 0.15) is 46.5 Å². The molecule has 0 aliphatic carbocycles. The third-order valence-corrected chi connectivity index (χ3v) is 5.44. The number of hydrogen-bond donors (Lipinski definition) is 2. The lowest BCUT2D eigenvalue weighted by Crippen LogP contribution is -2.46. The maximum atomic E-state index is 12.4. The highest BCUT2D eigenvalue weighted by Gasteiger charge is 2.51. The topological polar surface area (TPSA) is 111 Å². The minimum absolute atomic E-state index is 0.0472. The van der Waals surface area contributed by atoms with Gasteiger partial charge in [-0.25, -0.2) is 14.5 Å². The summed E-state index contributed by atoms with van der Waals surface area (Å²) < 4.78 is 5.36. The normalized spacial score (nSPS) is 26.1. The van der Waals surface area contributed by atoms with E-state index in [-0.39, 0.29) is 23.8 Å². The summed E-state index contributed by atoms with van der Waals surface area (Å²) in [5.41, 5.74) is -0.653. The van der Waals surface area contributed by atoms with E-state index in [4.69, 9.17) is 10.6 Å². The number of carbonyl (C=O) groups is 3. The van der Waals surface area contributed by atoms with Crippen molar-refractivity contribution in [2.24, 2.45) is 5.90 Å². The summed E-state index contributed by atoms with van der Waals surface area (Å²) in [4.78, 5) is 40.9. The number of nitrogens with two attached hydrogens (primary N) is 1. The second kappa shape index (κ2) is 7.60. The van der Waals surface area contributed by atoms with E-state index >= 15 is 0 Å². The van der Waals surface area contributed by atoms with Crippen molar-refractivity contribution in [3.63, 3.8) is 0 Å². The van der Waals surface area contributed by atoms with Crippen LogP contribution in [-0.2, 0) is 14.4 Å². The summed E-state index contributed by atoms with van der Waals surface area (Å²) in [5, 5.41) is 2.99. The van der Waals surface area contributed by atoms with Gasteiger partial charge in [0.1, 0.15) is 5.60 Å². The van der Waals surface area contributed by atoms with Crippen molar-refractivity contribution >= 4 is 29.9 Å². The third-order valence-electron chi connectivity index (χ3n) is 3.95. The van der Waals surface area contributed by atoms with Crippen LogP contribution in [0.5, 0.6) is 0 Å². The molecule has 0 saturated carbocycles. The van der Waals surface area contributed by atoms with Crippen LogP contribution in [0, 0.1) is 0 Å². The molecular weight excluding hydrogens is 334 g/mol. The first kappa shape index (κ1) is 18.9. The Balaban J connectivity index is 1.94. The molecule has 0 aromatic rings. The smallest absolute Gasteiger partial charge is 0.418 e. The van der Waals surface area contributed by atoms with E-state index in [2.05, 4.69) is 10.2 Å². The molecule has 0 bridgehead atoms. The van der Waals surface area contributed by atoms with Gasteiger partial charge in [-0.15, -0.1) is 0 Å². The first-order valence-electron chi connectivity index (χ1n) is 8.07. The molecule has 0 radical (unpaired) electrons. The third kappa shape index (κ3) is 4.54. The molecule has 2 saturated heterocycles. The summed E-state index contributed by atoms with van der Waals surface area (Å²) in [6.07, 6.45) is 1.93. The average Bonchev–Trinajstić information content (AvgIpc) is 2.99. The number of unbranched alkanes of at least 4 members (excludes halogenated alkanes) is 1. The van der Waals surface area contributed by atoms with Crippen LogP contribution in [0.3, 0.4) is 0 Å². The van der Waals surface area contributed by atoms with Crippen molar-refractivity contribution in [2.45, 2.75) is 69.4 Å². The average molecular weight is 359 g/mol. The second-order valence-corrected chi connectivity index (χ2v) is 8.28. The fourth-order valence-corrected chi connectivity index (χ4v) is 4.54. The minimum Gasteiger partial charge on any atom is -0.443 e. The van der Waals surface area contributed by atoms with Gasteiger partial charge in [-0.3, -0.25) is 4.79 Å². The number of fused-ring (bicyclic) bond motifs is 1. The van der Waals surface area contributed by atoms with Crippen LogP contribution in [-0.4, -0.2) is 51.7 Å². The quantitative estimate of drug-likeness (QED) is 0.437. The van der Waals surface area contributed by atoms with Gasteiger partial charge in [-0.1, -0.05) is 6.42 Å². The Morgan fingerprint density at radius 2 is 2.08 bits per heavy atom. The van der Waals surface area contributed by atoms with Gasteiger partial charge in [-0.05, 0) is 33.6 Å². The summed E-state index contributed by atoms with van der Waals surface area (Å²) in [7, 11) is 0. The highest BCUT2D eigenvalue weighted by molar-refractivity contribution is 8.00. The number of urea groups is 1.